The fourth-order valence-corrected chi connectivity index (χ4v) is 3.56. The minimum atomic E-state index is 0.153. The van der Waals surface area contributed by atoms with Gasteiger partial charge in [-0.1, -0.05) is 0 Å². The summed E-state index contributed by atoms with van der Waals surface area (Å²) in [4.78, 5) is 18.8. The third kappa shape index (κ3) is 3.30. The Morgan fingerprint density at radius 1 is 1.30 bits per heavy atom. The first-order valence-corrected chi connectivity index (χ1v) is 8.23. The molecular weight excluding hydrogens is 274 g/mol. The number of hydrogen-bond acceptors (Lipinski definition) is 5. The average Bonchev–Trinajstić information content (AvgIpc) is 3.03. The van der Waals surface area contributed by atoms with E-state index in [-0.39, 0.29) is 11.8 Å². The van der Waals surface area contributed by atoms with Crippen LogP contribution in [0.5, 0.6) is 0 Å². The first-order valence-electron chi connectivity index (χ1n) is 7.35. The van der Waals surface area contributed by atoms with Crippen molar-refractivity contribution in [3.8, 4) is 0 Å². The monoisotopic (exact) mass is 295 g/mol. The van der Waals surface area contributed by atoms with E-state index in [4.69, 9.17) is 4.74 Å². The lowest BCUT2D eigenvalue weighted by Gasteiger charge is -2.33. The van der Waals surface area contributed by atoms with Gasteiger partial charge in [0, 0.05) is 49.8 Å². The van der Waals surface area contributed by atoms with Crippen LogP contribution in [0.3, 0.4) is 0 Å². The number of carbonyl (C=O) groups is 1. The normalized spacial score (nSPS) is 21.9. The number of piperidine rings is 1. The van der Waals surface area contributed by atoms with E-state index in [9.17, 15) is 4.79 Å². The zero-order valence-corrected chi connectivity index (χ0v) is 12.4. The third-order valence-corrected chi connectivity index (χ3v) is 4.96. The van der Waals surface area contributed by atoms with Crippen molar-refractivity contribution in [2.24, 2.45) is 5.92 Å². The number of hydrogen-bond donors (Lipinski definition) is 1. The molecule has 20 heavy (non-hydrogen) atoms. The van der Waals surface area contributed by atoms with E-state index in [1.807, 2.05) is 11.6 Å². The zero-order valence-electron chi connectivity index (χ0n) is 11.6. The number of thiazole rings is 1. The Bertz CT molecular complexity index is 424. The summed E-state index contributed by atoms with van der Waals surface area (Å²) in [5.74, 6) is 0.377. The van der Waals surface area contributed by atoms with Crippen molar-refractivity contribution in [1.82, 2.24) is 10.3 Å². The fourth-order valence-electron chi connectivity index (χ4n) is 2.87. The number of nitrogens with zero attached hydrogens (tertiary/aromatic N) is 2. The summed E-state index contributed by atoms with van der Waals surface area (Å²) in [5.41, 5.74) is 0. The van der Waals surface area contributed by atoms with Gasteiger partial charge >= 0.3 is 0 Å². The zero-order chi connectivity index (χ0) is 13.8. The maximum atomic E-state index is 12.2. The summed E-state index contributed by atoms with van der Waals surface area (Å²) < 4.78 is 5.30. The maximum Gasteiger partial charge on any atom is 0.223 e. The number of nitrogens with one attached hydrogen (secondary N) is 1. The molecule has 0 unspecified atom stereocenters. The molecule has 5 nitrogen and oxygen atoms in total. The molecule has 1 aromatic heterocycles. The largest absolute Gasteiger partial charge is 0.381 e. The van der Waals surface area contributed by atoms with Crippen molar-refractivity contribution >= 4 is 22.4 Å². The summed E-state index contributed by atoms with van der Waals surface area (Å²) >= 11 is 1.68. The van der Waals surface area contributed by atoms with Crippen LogP contribution >= 0.6 is 11.3 Å². The number of anilines is 1. The third-order valence-electron chi connectivity index (χ3n) is 4.12. The molecule has 2 saturated heterocycles. The van der Waals surface area contributed by atoms with E-state index >= 15 is 0 Å². The number of rotatable bonds is 3. The average molecular weight is 295 g/mol. The highest BCUT2D eigenvalue weighted by molar-refractivity contribution is 7.13. The van der Waals surface area contributed by atoms with E-state index in [2.05, 4.69) is 15.2 Å². The molecule has 2 aliphatic heterocycles. The molecule has 3 rings (SSSR count). The highest BCUT2D eigenvalue weighted by Gasteiger charge is 2.26. The summed E-state index contributed by atoms with van der Waals surface area (Å²) in [6, 6.07) is 0.321. The minimum absolute atomic E-state index is 0.153. The molecule has 0 spiro atoms. The molecule has 2 fully saturated rings. The van der Waals surface area contributed by atoms with Gasteiger partial charge in [-0.25, -0.2) is 4.98 Å². The topological polar surface area (TPSA) is 54.5 Å². The minimum Gasteiger partial charge on any atom is -0.381 e. The molecule has 1 amide bonds. The molecule has 110 valence electrons. The van der Waals surface area contributed by atoms with Crippen molar-refractivity contribution in [3.63, 3.8) is 0 Å². The van der Waals surface area contributed by atoms with Crippen LogP contribution in [0, 0.1) is 5.92 Å². The lowest BCUT2D eigenvalue weighted by molar-refractivity contribution is -0.128. The Labute approximate surface area is 123 Å². The second kappa shape index (κ2) is 6.54. The molecule has 0 aromatic carbocycles. The molecule has 0 bridgehead atoms. The summed E-state index contributed by atoms with van der Waals surface area (Å²) in [7, 11) is 0. The Hall–Kier alpha value is -1.14. The number of amides is 1. The predicted octanol–water partition coefficient (Wildman–Crippen LogP) is 1.65. The van der Waals surface area contributed by atoms with Gasteiger partial charge in [0.25, 0.3) is 0 Å². The standard InChI is InChI=1S/C14H21N3O2S/c18-13(11-3-8-19-9-4-11)16-12-1-6-17(7-2-12)14-15-5-10-20-14/h5,10-12H,1-4,6-9H2,(H,16,18). The van der Waals surface area contributed by atoms with Gasteiger partial charge < -0.3 is 15.0 Å². The summed E-state index contributed by atoms with van der Waals surface area (Å²) in [5, 5.41) is 6.32. The number of aromatic nitrogens is 1. The van der Waals surface area contributed by atoms with Gasteiger partial charge in [0.05, 0.1) is 0 Å². The number of ether oxygens (including phenoxy) is 1. The van der Waals surface area contributed by atoms with Crippen molar-refractivity contribution in [2.75, 3.05) is 31.2 Å². The first kappa shape index (κ1) is 13.8. The van der Waals surface area contributed by atoms with Gasteiger partial charge in [-0.2, -0.15) is 0 Å². The quantitative estimate of drug-likeness (QED) is 0.921. The summed E-state index contributed by atoms with van der Waals surface area (Å²) in [6.45, 7) is 3.40. The van der Waals surface area contributed by atoms with Gasteiger partial charge in [-0.3, -0.25) is 4.79 Å². The fraction of sp³-hybridized carbons (Fsp3) is 0.714. The smallest absolute Gasteiger partial charge is 0.223 e. The Morgan fingerprint density at radius 2 is 2.05 bits per heavy atom. The molecule has 1 N–H and O–H groups in total. The molecule has 2 aliphatic rings. The Balaban J connectivity index is 1.45. The van der Waals surface area contributed by atoms with Crippen LogP contribution in [0.2, 0.25) is 0 Å². The molecule has 1 aromatic rings. The van der Waals surface area contributed by atoms with E-state index in [1.165, 1.54) is 0 Å². The number of carbonyl (C=O) groups excluding carboxylic acids is 1. The molecule has 0 atom stereocenters. The van der Waals surface area contributed by atoms with E-state index < -0.39 is 0 Å². The summed E-state index contributed by atoms with van der Waals surface area (Å²) in [6.07, 6.45) is 5.59. The van der Waals surface area contributed by atoms with Gasteiger partial charge in [0.1, 0.15) is 0 Å². The van der Waals surface area contributed by atoms with Gasteiger partial charge in [0.15, 0.2) is 5.13 Å². The molecule has 6 heteroatoms. The molecule has 0 saturated carbocycles. The van der Waals surface area contributed by atoms with Crippen molar-refractivity contribution < 1.29 is 9.53 Å². The van der Waals surface area contributed by atoms with Crippen LogP contribution < -0.4 is 10.2 Å². The molecular formula is C14H21N3O2S. The van der Waals surface area contributed by atoms with Crippen LogP contribution in [0.4, 0.5) is 5.13 Å². The highest BCUT2D eigenvalue weighted by atomic mass is 32.1. The molecule has 0 aliphatic carbocycles. The second-order valence-electron chi connectivity index (χ2n) is 5.47. The van der Waals surface area contributed by atoms with Crippen LogP contribution in [-0.2, 0) is 9.53 Å². The van der Waals surface area contributed by atoms with Gasteiger partial charge in [-0.05, 0) is 25.7 Å². The lowest BCUT2D eigenvalue weighted by atomic mass is 9.97. The predicted molar refractivity (Wildman–Crippen MR) is 79.0 cm³/mol. The van der Waals surface area contributed by atoms with E-state index in [0.717, 1.165) is 57.1 Å². The maximum absolute atomic E-state index is 12.2. The molecule has 3 heterocycles. The van der Waals surface area contributed by atoms with Crippen molar-refractivity contribution in [3.05, 3.63) is 11.6 Å². The van der Waals surface area contributed by atoms with Crippen LogP contribution in [0.1, 0.15) is 25.7 Å². The van der Waals surface area contributed by atoms with Crippen LogP contribution in [-0.4, -0.2) is 43.2 Å². The second-order valence-corrected chi connectivity index (χ2v) is 6.34. The van der Waals surface area contributed by atoms with Crippen LogP contribution in [0.15, 0.2) is 11.6 Å². The first-order chi connectivity index (χ1) is 9.83. The van der Waals surface area contributed by atoms with Gasteiger partial charge in [-0.15, -0.1) is 11.3 Å². The Kier molecular flexibility index (Phi) is 4.52. The van der Waals surface area contributed by atoms with E-state index in [0.29, 0.717) is 6.04 Å². The van der Waals surface area contributed by atoms with Crippen molar-refractivity contribution in [1.29, 1.82) is 0 Å². The van der Waals surface area contributed by atoms with Gasteiger partial charge in [0.2, 0.25) is 5.91 Å². The van der Waals surface area contributed by atoms with E-state index in [1.54, 1.807) is 11.3 Å². The van der Waals surface area contributed by atoms with Crippen molar-refractivity contribution in [2.45, 2.75) is 31.7 Å². The lowest BCUT2D eigenvalue weighted by Crippen LogP contribution is -2.47. The SMILES string of the molecule is O=C(NC1CCN(c2nccs2)CC1)C1CCOCC1. The Morgan fingerprint density at radius 3 is 2.70 bits per heavy atom. The molecule has 0 radical (unpaired) electrons. The van der Waals surface area contributed by atoms with Crippen LogP contribution in [0.25, 0.3) is 0 Å². The highest BCUT2D eigenvalue weighted by Crippen LogP contribution is 2.22.